The van der Waals surface area contributed by atoms with Gasteiger partial charge in [-0.3, -0.25) is 0 Å². The Morgan fingerprint density at radius 2 is 1.73 bits per heavy atom. The summed E-state index contributed by atoms with van der Waals surface area (Å²) in [5.41, 5.74) is 4.08. The van der Waals surface area contributed by atoms with Gasteiger partial charge in [-0.05, 0) is 35.1 Å². The average Bonchev–Trinajstić information content (AvgIpc) is 2.52. The summed E-state index contributed by atoms with van der Waals surface area (Å²) in [6, 6.07) is 16.3. The van der Waals surface area contributed by atoms with E-state index in [2.05, 4.69) is 52.0 Å². The van der Waals surface area contributed by atoms with Crippen LogP contribution in [0.25, 0.3) is 0 Å². The third-order valence-corrected chi connectivity index (χ3v) is 3.85. The van der Waals surface area contributed by atoms with Gasteiger partial charge < -0.3 is 4.74 Å². The summed E-state index contributed by atoms with van der Waals surface area (Å²) in [6.07, 6.45) is 0. The molecule has 2 aromatic carbocycles. The Kier molecular flexibility index (Phi) is 5.22. The fourth-order valence-electron chi connectivity index (χ4n) is 2.42. The van der Waals surface area contributed by atoms with E-state index in [1.165, 1.54) is 11.1 Å². The van der Waals surface area contributed by atoms with Crippen molar-refractivity contribution in [1.82, 2.24) is 0 Å². The van der Waals surface area contributed by atoms with Crippen LogP contribution < -0.4 is 4.74 Å². The lowest BCUT2D eigenvalue weighted by atomic mass is 9.96. The first-order valence-electron chi connectivity index (χ1n) is 7.77. The monoisotopic (exact) mass is 293 g/mol. The third kappa shape index (κ3) is 3.68. The Labute approximate surface area is 133 Å². The Balaban J connectivity index is 2.28. The van der Waals surface area contributed by atoms with Crippen LogP contribution in [0.4, 0.5) is 0 Å². The summed E-state index contributed by atoms with van der Waals surface area (Å²) >= 11 is 0. The second-order valence-corrected chi connectivity index (χ2v) is 6.16. The van der Waals surface area contributed by atoms with Crippen LogP contribution in [0.5, 0.6) is 5.75 Å². The van der Waals surface area contributed by atoms with E-state index >= 15 is 0 Å². The van der Waals surface area contributed by atoms with Crippen molar-refractivity contribution in [2.24, 2.45) is 0 Å². The first-order valence-corrected chi connectivity index (χ1v) is 7.77. The highest BCUT2D eigenvalue weighted by atomic mass is 16.5. The molecule has 0 unspecified atom stereocenters. The molecule has 0 aromatic heterocycles. The third-order valence-electron chi connectivity index (χ3n) is 3.85. The summed E-state index contributed by atoms with van der Waals surface area (Å²) in [4.78, 5) is 0. The smallest absolute Gasteiger partial charge is 0.123 e. The van der Waals surface area contributed by atoms with Crippen LogP contribution in [0.1, 0.15) is 61.8 Å². The van der Waals surface area contributed by atoms with E-state index in [0.29, 0.717) is 24.0 Å². The molecule has 0 aliphatic rings. The minimum atomic E-state index is 0.405. The molecule has 2 nitrogen and oxygen atoms in total. The predicted octanol–water partition coefficient (Wildman–Crippen LogP) is 5.38. The van der Waals surface area contributed by atoms with E-state index in [0.717, 1.165) is 11.3 Å². The van der Waals surface area contributed by atoms with Crippen molar-refractivity contribution in [3.05, 3.63) is 64.7 Å². The van der Waals surface area contributed by atoms with E-state index in [-0.39, 0.29) is 0 Å². The van der Waals surface area contributed by atoms with Crippen LogP contribution in [0.2, 0.25) is 0 Å². The van der Waals surface area contributed by atoms with Crippen LogP contribution in [-0.4, -0.2) is 0 Å². The number of nitriles is 1. The first-order chi connectivity index (χ1) is 10.5. The molecule has 0 saturated carbocycles. The molecule has 2 aromatic rings. The maximum absolute atomic E-state index is 9.17. The number of nitrogens with zero attached hydrogens (tertiary/aromatic N) is 1. The molecule has 0 spiro atoms. The number of benzene rings is 2. The SMILES string of the molecule is CC(C)c1ccc(C(C)C)c(OCc2ccccc2C#N)c1. The van der Waals surface area contributed by atoms with Crippen LogP contribution in [0, 0.1) is 11.3 Å². The summed E-state index contributed by atoms with van der Waals surface area (Å²) in [7, 11) is 0. The predicted molar refractivity (Wildman–Crippen MR) is 90.1 cm³/mol. The van der Waals surface area contributed by atoms with Gasteiger partial charge >= 0.3 is 0 Å². The van der Waals surface area contributed by atoms with Gasteiger partial charge in [0.2, 0.25) is 0 Å². The second kappa shape index (κ2) is 7.13. The Morgan fingerprint density at radius 3 is 2.36 bits per heavy atom. The summed E-state index contributed by atoms with van der Waals surface area (Å²) in [5.74, 6) is 1.80. The van der Waals surface area contributed by atoms with Crippen LogP contribution in [-0.2, 0) is 6.61 Å². The van der Waals surface area contributed by atoms with Gasteiger partial charge in [0.25, 0.3) is 0 Å². The molecule has 114 valence electrons. The molecule has 22 heavy (non-hydrogen) atoms. The van der Waals surface area contributed by atoms with Crippen molar-refractivity contribution in [3.63, 3.8) is 0 Å². The molecular formula is C20H23NO. The fourth-order valence-corrected chi connectivity index (χ4v) is 2.42. The highest BCUT2D eigenvalue weighted by Crippen LogP contribution is 2.31. The minimum Gasteiger partial charge on any atom is -0.489 e. The molecule has 0 aliphatic heterocycles. The number of hydrogen-bond donors (Lipinski definition) is 0. The summed E-state index contributed by atoms with van der Waals surface area (Å²) in [6.45, 7) is 9.12. The molecule has 0 aliphatic carbocycles. The van der Waals surface area contributed by atoms with E-state index < -0.39 is 0 Å². The summed E-state index contributed by atoms with van der Waals surface area (Å²) in [5, 5.41) is 9.17. The van der Waals surface area contributed by atoms with Crippen molar-refractivity contribution in [2.75, 3.05) is 0 Å². The van der Waals surface area contributed by atoms with Gasteiger partial charge in [-0.15, -0.1) is 0 Å². The molecule has 0 heterocycles. The van der Waals surface area contributed by atoms with Crippen molar-refractivity contribution in [3.8, 4) is 11.8 Å². The van der Waals surface area contributed by atoms with Crippen LogP contribution in [0.3, 0.4) is 0 Å². The molecular weight excluding hydrogens is 270 g/mol. The topological polar surface area (TPSA) is 33.0 Å². The standard InChI is InChI=1S/C20H23NO/c1-14(2)16-9-10-19(15(3)4)20(11-16)22-13-18-8-6-5-7-17(18)12-21/h5-11,14-15H,13H2,1-4H3. The van der Waals surface area contributed by atoms with E-state index in [4.69, 9.17) is 10.00 Å². The Hall–Kier alpha value is -2.27. The number of hydrogen-bond acceptors (Lipinski definition) is 2. The molecule has 0 N–H and O–H groups in total. The maximum atomic E-state index is 9.17. The highest BCUT2D eigenvalue weighted by Gasteiger charge is 2.11. The normalized spacial score (nSPS) is 10.8. The average molecular weight is 293 g/mol. The van der Waals surface area contributed by atoms with Crippen molar-refractivity contribution in [2.45, 2.75) is 46.1 Å². The lowest BCUT2D eigenvalue weighted by Gasteiger charge is -2.17. The first kappa shape index (κ1) is 16.1. The van der Waals surface area contributed by atoms with Gasteiger partial charge in [0.15, 0.2) is 0 Å². The Bertz CT molecular complexity index is 680. The van der Waals surface area contributed by atoms with Gasteiger partial charge in [0, 0.05) is 5.56 Å². The van der Waals surface area contributed by atoms with Gasteiger partial charge in [-0.1, -0.05) is 58.0 Å². The van der Waals surface area contributed by atoms with Crippen molar-refractivity contribution >= 4 is 0 Å². The van der Waals surface area contributed by atoms with Gasteiger partial charge in [0.1, 0.15) is 12.4 Å². The van der Waals surface area contributed by atoms with Crippen molar-refractivity contribution in [1.29, 1.82) is 5.26 Å². The zero-order valence-electron chi connectivity index (χ0n) is 13.8. The number of ether oxygens (including phenoxy) is 1. The molecule has 0 atom stereocenters. The zero-order chi connectivity index (χ0) is 16.1. The molecule has 2 rings (SSSR count). The molecule has 0 radical (unpaired) electrons. The van der Waals surface area contributed by atoms with E-state index in [1.807, 2.05) is 24.3 Å². The molecule has 0 fully saturated rings. The molecule has 2 heteroatoms. The lowest BCUT2D eigenvalue weighted by molar-refractivity contribution is 0.301. The number of rotatable bonds is 5. The summed E-state index contributed by atoms with van der Waals surface area (Å²) < 4.78 is 6.07. The van der Waals surface area contributed by atoms with Crippen LogP contribution in [0.15, 0.2) is 42.5 Å². The van der Waals surface area contributed by atoms with Gasteiger partial charge in [-0.25, -0.2) is 0 Å². The quantitative estimate of drug-likeness (QED) is 0.741. The highest BCUT2D eigenvalue weighted by molar-refractivity contribution is 5.42. The fraction of sp³-hybridized carbons (Fsp3) is 0.350. The maximum Gasteiger partial charge on any atom is 0.123 e. The largest absolute Gasteiger partial charge is 0.489 e. The minimum absolute atomic E-state index is 0.405. The zero-order valence-corrected chi connectivity index (χ0v) is 13.8. The van der Waals surface area contributed by atoms with Crippen molar-refractivity contribution < 1.29 is 4.74 Å². The Morgan fingerprint density at radius 1 is 1.00 bits per heavy atom. The second-order valence-electron chi connectivity index (χ2n) is 6.16. The van der Waals surface area contributed by atoms with Crippen LogP contribution >= 0.6 is 0 Å². The van der Waals surface area contributed by atoms with Gasteiger partial charge in [-0.2, -0.15) is 5.26 Å². The molecule has 0 bridgehead atoms. The van der Waals surface area contributed by atoms with E-state index in [9.17, 15) is 0 Å². The van der Waals surface area contributed by atoms with E-state index in [1.54, 1.807) is 0 Å². The lowest BCUT2D eigenvalue weighted by Crippen LogP contribution is -2.03. The van der Waals surface area contributed by atoms with Gasteiger partial charge in [0.05, 0.1) is 11.6 Å². The molecule has 0 saturated heterocycles. The molecule has 0 amide bonds.